The van der Waals surface area contributed by atoms with E-state index in [1.165, 1.54) is 12.0 Å². The number of piperidine rings is 1. The molecule has 6 nitrogen and oxygen atoms in total. The molecular weight excluding hydrogens is 260 g/mol. The molecular formula is C14H26N2O4. The predicted molar refractivity (Wildman–Crippen MR) is 75.1 cm³/mol. The number of hydrogen-bond donors (Lipinski definition) is 1. The van der Waals surface area contributed by atoms with Gasteiger partial charge in [-0.05, 0) is 39.5 Å². The monoisotopic (exact) mass is 286 g/mol. The van der Waals surface area contributed by atoms with E-state index >= 15 is 0 Å². The Labute approximate surface area is 120 Å². The third-order valence-electron chi connectivity index (χ3n) is 3.14. The van der Waals surface area contributed by atoms with Gasteiger partial charge in [0.15, 0.2) is 0 Å². The highest BCUT2D eigenvalue weighted by molar-refractivity contribution is 5.85. The van der Waals surface area contributed by atoms with Gasteiger partial charge >= 0.3 is 6.09 Å². The summed E-state index contributed by atoms with van der Waals surface area (Å²) in [6, 6.07) is -0.476. The number of nitrogens with zero attached hydrogens (tertiary/aromatic N) is 1. The fraction of sp³-hybridized carbons (Fsp3) is 0.857. The van der Waals surface area contributed by atoms with E-state index in [1.807, 2.05) is 20.8 Å². The summed E-state index contributed by atoms with van der Waals surface area (Å²) in [4.78, 5) is 25.9. The minimum Gasteiger partial charge on any atom is -0.444 e. The Kier molecular flexibility index (Phi) is 5.80. The second kappa shape index (κ2) is 6.92. The average molecular weight is 286 g/mol. The lowest BCUT2D eigenvalue weighted by Crippen LogP contribution is -2.54. The van der Waals surface area contributed by atoms with Gasteiger partial charge in [-0.15, -0.1) is 0 Å². The Hall–Kier alpha value is -1.30. The van der Waals surface area contributed by atoms with Gasteiger partial charge in [0.1, 0.15) is 18.4 Å². The SMILES string of the molecule is COCNC(=O)C1CCC(C)CN1C(=O)OC(C)(C)C. The smallest absolute Gasteiger partial charge is 0.410 e. The molecule has 1 heterocycles. The molecule has 1 aliphatic heterocycles. The first kappa shape index (κ1) is 16.8. The zero-order chi connectivity index (χ0) is 15.3. The molecule has 116 valence electrons. The van der Waals surface area contributed by atoms with E-state index < -0.39 is 17.7 Å². The van der Waals surface area contributed by atoms with Crippen LogP contribution in [0.2, 0.25) is 0 Å². The average Bonchev–Trinajstić information content (AvgIpc) is 2.33. The van der Waals surface area contributed by atoms with E-state index in [1.54, 1.807) is 0 Å². The van der Waals surface area contributed by atoms with Crippen molar-refractivity contribution in [2.24, 2.45) is 5.92 Å². The molecule has 0 saturated carbocycles. The lowest BCUT2D eigenvalue weighted by molar-refractivity contribution is -0.129. The lowest BCUT2D eigenvalue weighted by Gasteiger charge is -2.38. The van der Waals surface area contributed by atoms with Crippen molar-refractivity contribution >= 4 is 12.0 Å². The maximum absolute atomic E-state index is 12.2. The van der Waals surface area contributed by atoms with E-state index in [2.05, 4.69) is 12.2 Å². The van der Waals surface area contributed by atoms with Crippen LogP contribution >= 0.6 is 0 Å². The fourth-order valence-corrected chi connectivity index (χ4v) is 2.21. The van der Waals surface area contributed by atoms with Gasteiger partial charge in [-0.3, -0.25) is 9.69 Å². The second-order valence-corrected chi connectivity index (χ2v) is 6.31. The summed E-state index contributed by atoms with van der Waals surface area (Å²) >= 11 is 0. The van der Waals surface area contributed by atoms with E-state index in [0.717, 1.165) is 6.42 Å². The van der Waals surface area contributed by atoms with E-state index in [-0.39, 0.29) is 12.6 Å². The van der Waals surface area contributed by atoms with Gasteiger partial charge in [0, 0.05) is 13.7 Å². The van der Waals surface area contributed by atoms with Crippen LogP contribution in [0.25, 0.3) is 0 Å². The van der Waals surface area contributed by atoms with Crippen molar-refractivity contribution in [3.05, 3.63) is 0 Å². The van der Waals surface area contributed by atoms with Crippen LogP contribution in [0.5, 0.6) is 0 Å². The maximum atomic E-state index is 12.2. The molecule has 1 aliphatic rings. The number of rotatable bonds is 3. The summed E-state index contributed by atoms with van der Waals surface area (Å²) in [6.45, 7) is 8.21. The van der Waals surface area contributed by atoms with Crippen LogP contribution in [0.4, 0.5) is 4.79 Å². The molecule has 0 bridgehead atoms. The molecule has 1 saturated heterocycles. The van der Waals surface area contributed by atoms with Crippen molar-refractivity contribution in [1.29, 1.82) is 0 Å². The summed E-state index contributed by atoms with van der Waals surface area (Å²) in [5, 5.41) is 2.65. The number of ether oxygens (including phenoxy) is 2. The Bertz CT molecular complexity index is 352. The third kappa shape index (κ3) is 5.00. The molecule has 20 heavy (non-hydrogen) atoms. The van der Waals surface area contributed by atoms with Crippen LogP contribution in [0, 0.1) is 5.92 Å². The molecule has 0 radical (unpaired) electrons. The summed E-state index contributed by atoms with van der Waals surface area (Å²) in [5.74, 6) is 0.179. The van der Waals surface area contributed by atoms with Crippen LogP contribution in [-0.2, 0) is 14.3 Å². The van der Waals surface area contributed by atoms with E-state index in [4.69, 9.17) is 9.47 Å². The topological polar surface area (TPSA) is 67.9 Å². The number of methoxy groups -OCH3 is 1. The van der Waals surface area contributed by atoms with E-state index in [0.29, 0.717) is 18.9 Å². The standard InChI is InChI=1S/C14H26N2O4/c1-10-6-7-11(12(17)15-9-19-5)16(8-10)13(18)20-14(2,3)4/h10-11H,6-9H2,1-5H3,(H,15,17). The molecule has 0 aromatic rings. The second-order valence-electron chi connectivity index (χ2n) is 6.31. The van der Waals surface area contributed by atoms with Gasteiger partial charge in [0.2, 0.25) is 5.91 Å². The molecule has 0 aliphatic carbocycles. The minimum atomic E-state index is -0.564. The Morgan fingerprint density at radius 2 is 1.95 bits per heavy atom. The van der Waals surface area contributed by atoms with Crippen LogP contribution in [-0.4, -0.2) is 48.9 Å². The third-order valence-corrected chi connectivity index (χ3v) is 3.14. The molecule has 2 atom stereocenters. The quantitative estimate of drug-likeness (QED) is 0.802. The number of carbonyl (C=O) groups is 2. The van der Waals surface area contributed by atoms with Gasteiger partial charge in [0.05, 0.1) is 0 Å². The zero-order valence-electron chi connectivity index (χ0n) is 13.1. The fourth-order valence-electron chi connectivity index (χ4n) is 2.21. The zero-order valence-corrected chi connectivity index (χ0v) is 13.1. The predicted octanol–water partition coefficient (Wildman–Crippen LogP) is 1.74. The van der Waals surface area contributed by atoms with Crippen LogP contribution in [0.3, 0.4) is 0 Å². The van der Waals surface area contributed by atoms with Crippen LogP contribution in [0.1, 0.15) is 40.5 Å². The van der Waals surface area contributed by atoms with Crippen molar-refractivity contribution in [3.63, 3.8) is 0 Å². The highest BCUT2D eigenvalue weighted by atomic mass is 16.6. The van der Waals surface area contributed by atoms with Crippen LogP contribution < -0.4 is 5.32 Å². The highest BCUT2D eigenvalue weighted by Gasteiger charge is 2.36. The number of carbonyl (C=O) groups excluding carboxylic acids is 2. The maximum Gasteiger partial charge on any atom is 0.410 e. The van der Waals surface area contributed by atoms with Crippen LogP contribution in [0.15, 0.2) is 0 Å². The van der Waals surface area contributed by atoms with Crippen molar-refractivity contribution in [2.45, 2.75) is 52.2 Å². The number of nitrogens with one attached hydrogen (secondary N) is 1. The summed E-state index contributed by atoms with van der Waals surface area (Å²) < 4.78 is 10.2. The van der Waals surface area contributed by atoms with Gasteiger partial charge in [-0.25, -0.2) is 4.79 Å². The van der Waals surface area contributed by atoms with Gasteiger partial charge in [0.25, 0.3) is 0 Å². The minimum absolute atomic E-state index is 0.146. The van der Waals surface area contributed by atoms with E-state index in [9.17, 15) is 9.59 Å². The first-order valence-corrected chi connectivity index (χ1v) is 7.01. The highest BCUT2D eigenvalue weighted by Crippen LogP contribution is 2.24. The Morgan fingerprint density at radius 1 is 1.30 bits per heavy atom. The Balaban J connectivity index is 2.74. The number of hydrogen-bond acceptors (Lipinski definition) is 4. The molecule has 2 amide bonds. The molecule has 1 rings (SSSR count). The number of likely N-dealkylation sites (tertiary alicyclic amines) is 1. The summed E-state index contributed by atoms with van der Waals surface area (Å²) in [5.41, 5.74) is -0.564. The molecule has 0 aromatic carbocycles. The molecule has 2 unspecified atom stereocenters. The molecule has 6 heteroatoms. The molecule has 0 spiro atoms. The lowest BCUT2D eigenvalue weighted by atomic mass is 9.94. The van der Waals surface area contributed by atoms with Gasteiger partial charge in [-0.2, -0.15) is 0 Å². The first-order chi connectivity index (χ1) is 9.24. The van der Waals surface area contributed by atoms with Crippen molar-refractivity contribution < 1.29 is 19.1 Å². The van der Waals surface area contributed by atoms with Gasteiger partial charge in [-0.1, -0.05) is 6.92 Å². The van der Waals surface area contributed by atoms with Crippen molar-refractivity contribution in [2.75, 3.05) is 20.4 Å². The Morgan fingerprint density at radius 3 is 2.50 bits per heavy atom. The summed E-state index contributed by atoms with van der Waals surface area (Å²) in [6.07, 6.45) is 1.14. The first-order valence-electron chi connectivity index (χ1n) is 7.01. The van der Waals surface area contributed by atoms with Crippen molar-refractivity contribution in [3.8, 4) is 0 Å². The van der Waals surface area contributed by atoms with Gasteiger partial charge < -0.3 is 14.8 Å². The molecule has 1 fully saturated rings. The summed E-state index contributed by atoms with van der Waals surface area (Å²) in [7, 11) is 1.51. The molecule has 0 aromatic heterocycles. The molecule has 1 N–H and O–H groups in total. The number of amides is 2. The van der Waals surface area contributed by atoms with Crippen molar-refractivity contribution in [1.82, 2.24) is 10.2 Å². The normalized spacial score (nSPS) is 23.4. The largest absolute Gasteiger partial charge is 0.444 e.